The minimum Gasteiger partial charge on any atom is -0.496 e. The Morgan fingerprint density at radius 3 is 2.81 bits per heavy atom. The first-order valence-corrected chi connectivity index (χ1v) is 12.0. The number of aromatic nitrogens is 2. The number of hydrogen-bond donors (Lipinski definition) is 4. The van der Waals surface area contributed by atoms with Crippen LogP contribution in [0.25, 0.3) is 10.9 Å². The third-order valence-corrected chi connectivity index (χ3v) is 6.14. The Hall–Kier alpha value is -4.41. The lowest BCUT2D eigenvalue weighted by Gasteiger charge is -2.26. The molecular weight excluding hydrogens is 478 g/mol. The van der Waals surface area contributed by atoms with E-state index in [9.17, 15) is 19.2 Å². The number of methoxy groups -OCH3 is 1. The Morgan fingerprint density at radius 2 is 2.05 bits per heavy atom. The van der Waals surface area contributed by atoms with Gasteiger partial charge in [-0.1, -0.05) is 12.1 Å². The standard InChI is InChI=1S/C26H29N5O6/c1-36-22-8-4-7-18-17(22)13-20(30-18)26(35)29-14-23(33)31-19(12-16-6-5-11-28-25(16)34)21(32)15-37-24-9-2-3-10-27-24/h2-4,7-10,13,16,19,30H,5-6,11-12,14-15H2,1H3,(H,28,34)(H,29,35)(H,31,33). The second-order valence-electron chi connectivity index (χ2n) is 8.70. The van der Waals surface area contributed by atoms with Crippen molar-refractivity contribution in [3.63, 3.8) is 0 Å². The molecule has 3 aromatic rings. The van der Waals surface area contributed by atoms with E-state index in [1.54, 1.807) is 43.5 Å². The van der Waals surface area contributed by atoms with Crippen LogP contribution in [0.2, 0.25) is 0 Å². The summed E-state index contributed by atoms with van der Waals surface area (Å²) in [6, 6.07) is 11.1. The third-order valence-electron chi connectivity index (χ3n) is 6.14. The van der Waals surface area contributed by atoms with Crippen LogP contribution >= 0.6 is 0 Å². The van der Waals surface area contributed by atoms with Gasteiger partial charge in [-0.05, 0) is 43.5 Å². The molecule has 1 aromatic carbocycles. The molecule has 2 atom stereocenters. The number of Topliss-reactive ketones (excluding diaryl/α,β-unsaturated/α-hetero) is 1. The van der Waals surface area contributed by atoms with Crippen LogP contribution < -0.4 is 25.4 Å². The number of hydrogen-bond acceptors (Lipinski definition) is 7. The van der Waals surface area contributed by atoms with Crippen LogP contribution in [0.5, 0.6) is 11.6 Å². The molecule has 11 heteroatoms. The van der Waals surface area contributed by atoms with Crippen LogP contribution in [0.3, 0.4) is 0 Å². The summed E-state index contributed by atoms with van der Waals surface area (Å²) in [4.78, 5) is 57.6. The fourth-order valence-corrected chi connectivity index (χ4v) is 4.22. The number of carbonyl (C=O) groups is 4. The fraction of sp³-hybridized carbons (Fsp3) is 0.346. The topological polar surface area (TPSA) is 152 Å². The predicted molar refractivity (Wildman–Crippen MR) is 134 cm³/mol. The first-order valence-electron chi connectivity index (χ1n) is 12.0. The number of H-pyrrole nitrogens is 1. The highest BCUT2D eigenvalue weighted by atomic mass is 16.5. The molecule has 4 rings (SSSR count). The maximum atomic E-state index is 12.9. The number of amides is 3. The number of nitrogens with zero attached hydrogens (tertiary/aromatic N) is 1. The lowest BCUT2D eigenvalue weighted by molar-refractivity contribution is -0.131. The van der Waals surface area contributed by atoms with E-state index >= 15 is 0 Å². The summed E-state index contributed by atoms with van der Waals surface area (Å²) in [5.74, 6) is -1.10. The van der Waals surface area contributed by atoms with Crippen molar-refractivity contribution < 1.29 is 28.7 Å². The van der Waals surface area contributed by atoms with Gasteiger partial charge in [-0.2, -0.15) is 0 Å². The van der Waals surface area contributed by atoms with Crippen LogP contribution in [0.15, 0.2) is 48.7 Å². The summed E-state index contributed by atoms with van der Waals surface area (Å²) in [6.07, 6.45) is 3.09. The van der Waals surface area contributed by atoms with Crippen molar-refractivity contribution in [3.05, 3.63) is 54.4 Å². The van der Waals surface area contributed by atoms with Crippen molar-refractivity contribution in [1.29, 1.82) is 0 Å². The monoisotopic (exact) mass is 507 g/mol. The number of nitrogens with one attached hydrogen (secondary N) is 4. The van der Waals surface area contributed by atoms with Gasteiger partial charge in [0, 0.05) is 35.6 Å². The average Bonchev–Trinajstić information content (AvgIpc) is 3.36. The molecule has 1 aliphatic rings. The molecule has 1 aliphatic heterocycles. The lowest BCUT2D eigenvalue weighted by atomic mass is 9.90. The molecule has 0 bridgehead atoms. The SMILES string of the molecule is COc1cccc2[nH]c(C(=O)NCC(=O)NC(CC3CCCNC3=O)C(=O)COc3ccccn3)cc12. The van der Waals surface area contributed by atoms with E-state index in [-0.39, 0.29) is 37.1 Å². The fourth-order valence-electron chi connectivity index (χ4n) is 4.22. The molecule has 1 saturated heterocycles. The van der Waals surface area contributed by atoms with Crippen molar-refractivity contribution in [1.82, 2.24) is 25.9 Å². The highest BCUT2D eigenvalue weighted by Crippen LogP contribution is 2.26. The molecule has 4 N–H and O–H groups in total. The summed E-state index contributed by atoms with van der Waals surface area (Å²) < 4.78 is 10.8. The Bertz CT molecular complexity index is 1270. The zero-order valence-electron chi connectivity index (χ0n) is 20.4. The van der Waals surface area contributed by atoms with E-state index in [0.717, 1.165) is 17.3 Å². The molecule has 0 radical (unpaired) electrons. The molecule has 37 heavy (non-hydrogen) atoms. The van der Waals surface area contributed by atoms with Crippen molar-refractivity contribution in [3.8, 4) is 11.6 Å². The van der Waals surface area contributed by atoms with Crippen LogP contribution in [0, 0.1) is 5.92 Å². The average molecular weight is 508 g/mol. The van der Waals surface area contributed by atoms with E-state index in [0.29, 0.717) is 18.7 Å². The zero-order valence-corrected chi connectivity index (χ0v) is 20.4. The summed E-state index contributed by atoms with van der Waals surface area (Å²) in [5, 5.41) is 8.75. The highest BCUT2D eigenvalue weighted by molar-refractivity contribution is 6.01. The van der Waals surface area contributed by atoms with Gasteiger partial charge in [0.2, 0.25) is 17.7 Å². The van der Waals surface area contributed by atoms with Crippen LogP contribution in [0.4, 0.5) is 0 Å². The van der Waals surface area contributed by atoms with Gasteiger partial charge in [0.15, 0.2) is 12.4 Å². The lowest BCUT2D eigenvalue weighted by Crippen LogP contribution is -2.49. The minimum atomic E-state index is -0.959. The van der Waals surface area contributed by atoms with Gasteiger partial charge < -0.3 is 30.4 Å². The first-order chi connectivity index (χ1) is 17.9. The van der Waals surface area contributed by atoms with Gasteiger partial charge in [0.25, 0.3) is 5.91 Å². The molecule has 0 saturated carbocycles. The molecule has 0 aliphatic carbocycles. The van der Waals surface area contributed by atoms with Crippen molar-refractivity contribution >= 4 is 34.4 Å². The van der Waals surface area contributed by atoms with Gasteiger partial charge in [0.05, 0.1) is 19.7 Å². The maximum absolute atomic E-state index is 12.9. The molecule has 11 nitrogen and oxygen atoms in total. The maximum Gasteiger partial charge on any atom is 0.268 e. The summed E-state index contributed by atoms with van der Waals surface area (Å²) in [6.45, 7) is -0.0820. The van der Waals surface area contributed by atoms with Gasteiger partial charge >= 0.3 is 0 Å². The molecule has 194 valence electrons. The van der Waals surface area contributed by atoms with Crippen molar-refractivity contribution in [2.75, 3.05) is 26.8 Å². The smallest absolute Gasteiger partial charge is 0.268 e. The Labute approximate surface area is 213 Å². The van der Waals surface area contributed by atoms with E-state index < -0.39 is 29.6 Å². The zero-order chi connectivity index (χ0) is 26.2. The molecular formula is C26H29N5O6. The molecule has 0 spiro atoms. The van der Waals surface area contributed by atoms with Crippen molar-refractivity contribution in [2.45, 2.75) is 25.3 Å². The highest BCUT2D eigenvalue weighted by Gasteiger charge is 2.30. The van der Waals surface area contributed by atoms with E-state index in [2.05, 4.69) is 25.9 Å². The van der Waals surface area contributed by atoms with E-state index in [1.807, 2.05) is 6.07 Å². The van der Waals surface area contributed by atoms with Crippen molar-refractivity contribution in [2.24, 2.45) is 5.92 Å². The molecule has 2 aromatic heterocycles. The number of benzene rings is 1. The van der Waals surface area contributed by atoms with Crippen LogP contribution in [-0.2, 0) is 14.4 Å². The Balaban J connectivity index is 1.37. The predicted octanol–water partition coefficient (Wildman–Crippen LogP) is 1.35. The van der Waals surface area contributed by atoms with Gasteiger partial charge in [0.1, 0.15) is 11.4 Å². The minimum absolute atomic E-state index is 0.137. The van der Waals surface area contributed by atoms with E-state index in [1.165, 1.54) is 6.20 Å². The van der Waals surface area contributed by atoms with Gasteiger partial charge in [-0.3, -0.25) is 19.2 Å². The van der Waals surface area contributed by atoms with E-state index in [4.69, 9.17) is 9.47 Å². The molecule has 3 heterocycles. The molecule has 1 fully saturated rings. The third kappa shape index (κ3) is 6.63. The molecule has 2 unspecified atom stereocenters. The summed E-state index contributed by atoms with van der Waals surface area (Å²) in [7, 11) is 1.54. The van der Waals surface area contributed by atoms with Crippen LogP contribution in [0.1, 0.15) is 29.8 Å². The number of pyridine rings is 1. The second kappa shape index (κ2) is 12.0. The first kappa shape index (κ1) is 25.7. The van der Waals surface area contributed by atoms with Gasteiger partial charge in [-0.25, -0.2) is 4.98 Å². The number of piperidine rings is 1. The normalized spacial score (nSPS) is 15.9. The largest absolute Gasteiger partial charge is 0.496 e. The molecule has 3 amide bonds. The second-order valence-corrected chi connectivity index (χ2v) is 8.70. The number of aromatic amines is 1. The number of carbonyl (C=O) groups excluding carboxylic acids is 4. The number of fused-ring (bicyclic) bond motifs is 1. The van der Waals surface area contributed by atoms with Crippen LogP contribution in [-0.4, -0.2) is 66.3 Å². The quantitative estimate of drug-likeness (QED) is 0.306. The number of ether oxygens (including phenoxy) is 2. The Kier molecular flexibility index (Phi) is 8.34. The number of rotatable bonds is 11. The Morgan fingerprint density at radius 1 is 1.19 bits per heavy atom. The summed E-state index contributed by atoms with van der Waals surface area (Å²) >= 11 is 0. The van der Waals surface area contributed by atoms with Gasteiger partial charge in [-0.15, -0.1) is 0 Å². The summed E-state index contributed by atoms with van der Waals surface area (Å²) in [5.41, 5.74) is 0.987. The number of ketones is 1.